The van der Waals surface area contributed by atoms with Gasteiger partial charge in [0.25, 0.3) is 5.91 Å². The Labute approximate surface area is 157 Å². The molecular formula is C20H22FN3O3. The maximum Gasteiger partial charge on any atom is 0.256 e. The van der Waals surface area contributed by atoms with Crippen molar-refractivity contribution in [2.75, 3.05) is 30.3 Å². The Bertz CT molecular complexity index is 828. The fourth-order valence-electron chi connectivity index (χ4n) is 3.07. The number of benzene rings is 2. The summed E-state index contributed by atoms with van der Waals surface area (Å²) in [5.74, 6) is -1.12. The molecule has 2 aromatic rings. The molecule has 6 nitrogen and oxygen atoms in total. The van der Waals surface area contributed by atoms with Crippen LogP contribution in [-0.4, -0.2) is 47.6 Å². The molecule has 1 heterocycles. The van der Waals surface area contributed by atoms with E-state index in [2.05, 4.69) is 10.6 Å². The van der Waals surface area contributed by atoms with Crippen LogP contribution >= 0.6 is 0 Å². The van der Waals surface area contributed by atoms with Crippen molar-refractivity contribution < 1.29 is 19.1 Å². The number of piperidine rings is 1. The Balaban J connectivity index is 1.64. The van der Waals surface area contributed by atoms with Crippen molar-refractivity contribution in [3.63, 3.8) is 0 Å². The molecule has 1 aliphatic heterocycles. The first-order valence-electron chi connectivity index (χ1n) is 8.89. The van der Waals surface area contributed by atoms with Crippen molar-refractivity contribution >= 4 is 23.2 Å². The minimum Gasteiger partial charge on any atom is -0.391 e. The van der Waals surface area contributed by atoms with E-state index in [0.29, 0.717) is 30.8 Å². The largest absolute Gasteiger partial charge is 0.391 e. The van der Waals surface area contributed by atoms with Crippen LogP contribution in [0.4, 0.5) is 15.8 Å². The van der Waals surface area contributed by atoms with Crippen LogP contribution in [0.2, 0.25) is 0 Å². The molecule has 0 spiro atoms. The summed E-state index contributed by atoms with van der Waals surface area (Å²) in [6, 6.07) is 12.8. The zero-order valence-electron chi connectivity index (χ0n) is 14.8. The summed E-state index contributed by atoms with van der Waals surface area (Å²) in [5.41, 5.74) is 1.06. The normalized spacial score (nSPS) is 16.7. The number of halogens is 1. The molecule has 27 heavy (non-hydrogen) atoms. The summed E-state index contributed by atoms with van der Waals surface area (Å²) < 4.78 is 13.6. The Morgan fingerprint density at radius 2 is 1.81 bits per heavy atom. The number of anilines is 2. The van der Waals surface area contributed by atoms with Gasteiger partial charge in [0.15, 0.2) is 0 Å². The highest BCUT2D eigenvalue weighted by atomic mass is 19.1. The van der Waals surface area contributed by atoms with E-state index in [-0.39, 0.29) is 18.1 Å². The van der Waals surface area contributed by atoms with E-state index in [1.165, 1.54) is 12.1 Å². The molecule has 1 atom stereocenters. The summed E-state index contributed by atoms with van der Waals surface area (Å²) >= 11 is 0. The van der Waals surface area contributed by atoms with Gasteiger partial charge in [-0.15, -0.1) is 0 Å². The van der Waals surface area contributed by atoms with Crippen molar-refractivity contribution in [1.82, 2.24) is 4.90 Å². The molecule has 0 bridgehead atoms. The lowest BCUT2D eigenvalue weighted by Crippen LogP contribution is -2.42. The average molecular weight is 371 g/mol. The lowest BCUT2D eigenvalue weighted by molar-refractivity contribution is -0.114. The van der Waals surface area contributed by atoms with Gasteiger partial charge in [-0.3, -0.25) is 9.59 Å². The zero-order valence-corrected chi connectivity index (χ0v) is 14.8. The van der Waals surface area contributed by atoms with E-state index in [1.54, 1.807) is 41.3 Å². The highest BCUT2D eigenvalue weighted by Crippen LogP contribution is 2.20. The standard InChI is InChI=1S/C20H22FN3O3/c21-16-8-2-4-10-18(16)23-19(26)12-22-17-9-3-1-7-15(17)20(27)24-11-5-6-14(25)13-24/h1-4,7-10,14,22,25H,5-6,11-13H2,(H,23,26)/t14-/m1/s1. The van der Waals surface area contributed by atoms with Crippen LogP contribution in [0.1, 0.15) is 23.2 Å². The van der Waals surface area contributed by atoms with Crippen molar-refractivity contribution in [2.45, 2.75) is 18.9 Å². The SMILES string of the molecule is O=C(CNc1ccccc1C(=O)N1CCC[C@@H](O)C1)Nc1ccccc1F. The molecule has 3 rings (SSSR count). The van der Waals surface area contributed by atoms with E-state index in [9.17, 15) is 19.1 Å². The lowest BCUT2D eigenvalue weighted by Gasteiger charge is -2.30. The van der Waals surface area contributed by atoms with E-state index < -0.39 is 17.8 Å². The van der Waals surface area contributed by atoms with Crippen LogP contribution in [0.5, 0.6) is 0 Å². The molecule has 1 saturated heterocycles. The second kappa shape index (κ2) is 8.64. The van der Waals surface area contributed by atoms with Gasteiger partial charge in [0.05, 0.1) is 23.9 Å². The van der Waals surface area contributed by atoms with Crippen LogP contribution in [0.3, 0.4) is 0 Å². The monoisotopic (exact) mass is 371 g/mol. The van der Waals surface area contributed by atoms with Crippen LogP contribution in [0, 0.1) is 5.82 Å². The van der Waals surface area contributed by atoms with E-state index in [1.807, 2.05) is 0 Å². The molecule has 3 N–H and O–H groups in total. The highest BCUT2D eigenvalue weighted by molar-refractivity contribution is 6.01. The van der Waals surface area contributed by atoms with E-state index in [0.717, 1.165) is 6.42 Å². The van der Waals surface area contributed by atoms with Gasteiger partial charge in [-0.2, -0.15) is 0 Å². The summed E-state index contributed by atoms with van der Waals surface area (Å²) in [7, 11) is 0. The first-order valence-corrected chi connectivity index (χ1v) is 8.89. The first kappa shape index (κ1) is 18.8. The van der Waals surface area contributed by atoms with Crippen molar-refractivity contribution in [3.8, 4) is 0 Å². The summed E-state index contributed by atoms with van der Waals surface area (Å²) in [6.45, 7) is 0.792. The fourth-order valence-corrected chi connectivity index (χ4v) is 3.07. The van der Waals surface area contributed by atoms with Crippen molar-refractivity contribution in [1.29, 1.82) is 0 Å². The number of aliphatic hydroxyl groups excluding tert-OH is 1. The molecule has 2 aromatic carbocycles. The van der Waals surface area contributed by atoms with Crippen molar-refractivity contribution in [2.24, 2.45) is 0 Å². The van der Waals surface area contributed by atoms with Gasteiger partial charge in [0.1, 0.15) is 5.82 Å². The minimum atomic E-state index is -0.509. The molecule has 1 fully saturated rings. The van der Waals surface area contributed by atoms with Gasteiger partial charge in [-0.25, -0.2) is 4.39 Å². The van der Waals surface area contributed by atoms with Crippen LogP contribution in [0.25, 0.3) is 0 Å². The fraction of sp³-hybridized carbons (Fsp3) is 0.300. The number of β-amino-alcohol motifs (C(OH)–C–C–N with tert-alkyl or cyclic N) is 1. The van der Waals surface area contributed by atoms with Crippen molar-refractivity contribution in [3.05, 3.63) is 59.9 Å². The predicted molar refractivity (Wildman–Crippen MR) is 101 cm³/mol. The molecule has 2 amide bonds. The summed E-state index contributed by atoms with van der Waals surface area (Å²) in [4.78, 5) is 26.5. The quantitative estimate of drug-likeness (QED) is 0.754. The number of rotatable bonds is 5. The van der Waals surface area contributed by atoms with E-state index >= 15 is 0 Å². The molecule has 0 aliphatic carbocycles. The number of nitrogens with zero attached hydrogens (tertiary/aromatic N) is 1. The topological polar surface area (TPSA) is 81.7 Å². The minimum absolute atomic E-state index is 0.107. The Morgan fingerprint density at radius 3 is 2.56 bits per heavy atom. The second-order valence-corrected chi connectivity index (χ2v) is 6.47. The van der Waals surface area contributed by atoms with Crippen LogP contribution < -0.4 is 10.6 Å². The molecule has 0 aromatic heterocycles. The Hall–Kier alpha value is -2.93. The number of nitrogens with one attached hydrogen (secondary N) is 2. The number of carbonyl (C=O) groups excluding carboxylic acids is 2. The number of para-hydroxylation sites is 2. The number of aliphatic hydroxyl groups is 1. The zero-order chi connectivity index (χ0) is 19.2. The number of likely N-dealkylation sites (tertiary alicyclic amines) is 1. The Kier molecular flexibility index (Phi) is 6.03. The number of amides is 2. The number of carbonyl (C=O) groups is 2. The van der Waals surface area contributed by atoms with Crippen LogP contribution in [0.15, 0.2) is 48.5 Å². The first-order chi connectivity index (χ1) is 13.0. The smallest absolute Gasteiger partial charge is 0.256 e. The predicted octanol–water partition coefficient (Wildman–Crippen LogP) is 2.47. The maximum atomic E-state index is 13.6. The maximum absolute atomic E-state index is 13.6. The third-order valence-electron chi connectivity index (χ3n) is 4.43. The third kappa shape index (κ3) is 4.83. The molecule has 7 heteroatoms. The van der Waals surface area contributed by atoms with Gasteiger partial charge in [0.2, 0.25) is 5.91 Å². The second-order valence-electron chi connectivity index (χ2n) is 6.47. The van der Waals surface area contributed by atoms with Gasteiger partial charge < -0.3 is 20.6 Å². The summed E-state index contributed by atoms with van der Waals surface area (Å²) in [6.07, 6.45) is 0.947. The van der Waals surface area contributed by atoms with Gasteiger partial charge >= 0.3 is 0 Å². The number of hydrogen-bond donors (Lipinski definition) is 3. The lowest BCUT2D eigenvalue weighted by atomic mass is 10.1. The molecule has 0 radical (unpaired) electrons. The molecular weight excluding hydrogens is 349 g/mol. The number of hydrogen-bond acceptors (Lipinski definition) is 4. The Morgan fingerprint density at radius 1 is 1.11 bits per heavy atom. The molecule has 142 valence electrons. The molecule has 1 aliphatic rings. The molecule has 0 saturated carbocycles. The molecule has 0 unspecified atom stereocenters. The highest BCUT2D eigenvalue weighted by Gasteiger charge is 2.24. The third-order valence-corrected chi connectivity index (χ3v) is 4.43. The van der Waals surface area contributed by atoms with Gasteiger partial charge in [0, 0.05) is 18.8 Å². The van der Waals surface area contributed by atoms with E-state index in [4.69, 9.17) is 0 Å². The van der Waals surface area contributed by atoms with Crippen LogP contribution in [-0.2, 0) is 4.79 Å². The van der Waals surface area contributed by atoms with Gasteiger partial charge in [-0.05, 0) is 37.1 Å². The van der Waals surface area contributed by atoms with Gasteiger partial charge in [-0.1, -0.05) is 24.3 Å². The average Bonchev–Trinajstić information content (AvgIpc) is 2.68. The summed E-state index contributed by atoms with van der Waals surface area (Å²) in [5, 5.41) is 15.2.